The lowest BCUT2D eigenvalue weighted by atomic mass is 9.76. The minimum absolute atomic E-state index is 0.503. The van der Waals surface area contributed by atoms with Crippen molar-refractivity contribution in [3.05, 3.63) is 0 Å². The van der Waals surface area contributed by atoms with E-state index in [9.17, 15) is 0 Å². The second kappa shape index (κ2) is 2.71. The lowest BCUT2D eigenvalue weighted by Gasteiger charge is -2.39. The molecule has 2 rings (SSSR count). The van der Waals surface area contributed by atoms with E-state index in [0.717, 1.165) is 6.54 Å². The highest BCUT2D eigenvalue weighted by molar-refractivity contribution is 5.03. The summed E-state index contributed by atoms with van der Waals surface area (Å²) >= 11 is 0. The minimum atomic E-state index is 0.503. The van der Waals surface area contributed by atoms with E-state index in [0.29, 0.717) is 10.8 Å². The number of piperidine rings is 1. The monoisotopic (exact) mass is 168 g/mol. The van der Waals surface area contributed by atoms with Crippen LogP contribution >= 0.6 is 0 Å². The van der Waals surface area contributed by atoms with Crippen LogP contribution in [0.2, 0.25) is 0 Å². The molecule has 1 spiro atoms. The zero-order chi connectivity index (χ0) is 8.66. The Morgan fingerprint density at radius 1 is 1.33 bits per heavy atom. The van der Waals surface area contributed by atoms with Gasteiger partial charge in [-0.3, -0.25) is 0 Å². The first kappa shape index (κ1) is 8.52. The molecule has 0 amide bonds. The SMILES string of the molecule is CNCC1(C)CNCC2(CC2)C1. The van der Waals surface area contributed by atoms with Crippen LogP contribution in [-0.2, 0) is 0 Å². The average Bonchev–Trinajstić information content (AvgIpc) is 2.68. The summed E-state index contributed by atoms with van der Waals surface area (Å²) in [6, 6.07) is 0. The van der Waals surface area contributed by atoms with Gasteiger partial charge in [0, 0.05) is 19.6 Å². The van der Waals surface area contributed by atoms with Crippen LogP contribution in [0, 0.1) is 10.8 Å². The van der Waals surface area contributed by atoms with E-state index in [4.69, 9.17) is 0 Å². The topological polar surface area (TPSA) is 24.1 Å². The molecule has 0 aromatic heterocycles. The third-order valence-electron chi connectivity index (χ3n) is 3.41. The van der Waals surface area contributed by atoms with Gasteiger partial charge < -0.3 is 10.6 Å². The van der Waals surface area contributed by atoms with Gasteiger partial charge in [-0.05, 0) is 37.1 Å². The van der Waals surface area contributed by atoms with Crippen LogP contribution in [0.25, 0.3) is 0 Å². The summed E-state index contributed by atoms with van der Waals surface area (Å²) in [6.07, 6.45) is 4.34. The Kier molecular flexibility index (Phi) is 1.92. The summed E-state index contributed by atoms with van der Waals surface area (Å²) in [5, 5.41) is 6.88. The van der Waals surface area contributed by atoms with E-state index in [1.807, 2.05) is 0 Å². The molecule has 0 radical (unpaired) electrons. The normalized spacial score (nSPS) is 38.5. The minimum Gasteiger partial charge on any atom is -0.319 e. The molecule has 1 atom stereocenters. The lowest BCUT2D eigenvalue weighted by Crippen LogP contribution is -2.48. The van der Waals surface area contributed by atoms with E-state index in [-0.39, 0.29) is 0 Å². The predicted octanol–water partition coefficient (Wildman–Crippen LogP) is 0.986. The van der Waals surface area contributed by atoms with Gasteiger partial charge in [-0.25, -0.2) is 0 Å². The molecule has 70 valence electrons. The van der Waals surface area contributed by atoms with Crippen molar-refractivity contribution >= 4 is 0 Å². The van der Waals surface area contributed by atoms with Crippen molar-refractivity contribution < 1.29 is 0 Å². The summed E-state index contributed by atoms with van der Waals surface area (Å²) in [4.78, 5) is 0. The Labute approximate surface area is 75.1 Å². The molecule has 0 bridgehead atoms. The highest BCUT2D eigenvalue weighted by Gasteiger charge is 2.49. The Morgan fingerprint density at radius 3 is 2.67 bits per heavy atom. The highest BCUT2D eigenvalue weighted by atomic mass is 15.0. The molecule has 0 aromatic rings. The summed E-state index contributed by atoms with van der Waals surface area (Å²) < 4.78 is 0. The Balaban J connectivity index is 1.97. The standard InChI is InChI=1S/C10H20N2/c1-9(6-11-2)5-10(3-4-10)8-12-7-9/h11-12H,3-8H2,1-2H3. The molecular weight excluding hydrogens is 148 g/mol. The van der Waals surface area contributed by atoms with Crippen molar-refractivity contribution in [1.82, 2.24) is 10.6 Å². The molecule has 1 heterocycles. The quantitative estimate of drug-likeness (QED) is 0.642. The van der Waals surface area contributed by atoms with Crippen molar-refractivity contribution in [3.63, 3.8) is 0 Å². The maximum Gasteiger partial charge on any atom is 0.00178 e. The van der Waals surface area contributed by atoms with Crippen LogP contribution in [0.15, 0.2) is 0 Å². The Hall–Kier alpha value is -0.0800. The first-order valence-electron chi connectivity index (χ1n) is 5.04. The first-order valence-corrected chi connectivity index (χ1v) is 5.04. The predicted molar refractivity (Wildman–Crippen MR) is 51.2 cm³/mol. The van der Waals surface area contributed by atoms with Crippen molar-refractivity contribution in [1.29, 1.82) is 0 Å². The molecular formula is C10H20N2. The van der Waals surface area contributed by atoms with Crippen molar-refractivity contribution in [2.45, 2.75) is 26.2 Å². The van der Waals surface area contributed by atoms with Crippen LogP contribution in [0.3, 0.4) is 0 Å². The molecule has 12 heavy (non-hydrogen) atoms. The molecule has 0 aromatic carbocycles. The second-order valence-corrected chi connectivity index (χ2v) is 5.12. The Bertz CT molecular complexity index is 171. The van der Waals surface area contributed by atoms with Gasteiger partial charge in [-0.15, -0.1) is 0 Å². The molecule has 2 fully saturated rings. The van der Waals surface area contributed by atoms with Gasteiger partial charge in [-0.1, -0.05) is 6.92 Å². The number of rotatable bonds is 2. The van der Waals surface area contributed by atoms with Gasteiger partial charge >= 0.3 is 0 Å². The molecule has 1 aliphatic heterocycles. The molecule has 1 saturated carbocycles. The second-order valence-electron chi connectivity index (χ2n) is 5.12. The third kappa shape index (κ3) is 1.50. The summed E-state index contributed by atoms with van der Waals surface area (Å²) in [5.74, 6) is 0. The molecule has 2 N–H and O–H groups in total. The van der Waals surface area contributed by atoms with Gasteiger partial charge in [0.2, 0.25) is 0 Å². The molecule has 2 heteroatoms. The molecule has 2 nitrogen and oxygen atoms in total. The summed E-state index contributed by atoms with van der Waals surface area (Å²) in [5.41, 5.74) is 1.22. The van der Waals surface area contributed by atoms with E-state index < -0.39 is 0 Å². The van der Waals surface area contributed by atoms with Crippen LogP contribution < -0.4 is 10.6 Å². The Morgan fingerprint density at radius 2 is 2.08 bits per heavy atom. The fourth-order valence-corrected chi connectivity index (χ4v) is 2.74. The number of hydrogen-bond acceptors (Lipinski definition) is 2. The molecule has 1 unspecified atom stereocenters. The fraction of sp³-hybridized carbons (Fsp3) is 1.00. The van der Waals surface area contributed by atoms with Gasteiger partial charge in [0.1, 0.15) is 0 Å². The fourth-order valence-electron chi connectivity index (χ4n) is 2.74. The van der Waals surface area contributed by atoms with Gasteiger partial charge in [0.05, 0.1) is 0 Å². The van der Waals surface area contributed by atoms with E-state index in [1.165, 1.54) is 32.4 Å². The largest absolute Gasteiger partial charge is 0.319 e. The summed E-state index contributed by atoms with van der Waals surface area (Å²) in [6.45, 7) is 6.01. The molecule has 1 saturated heterocycles. The van der Waals surface area contributed by atoms with Crippen LogP contribution in [-0.4, -0.2) is 26.7 Å². The lowest BCUT2D eigenvalue weighted by molar-refractivity contribution is 0.163. The molecule has 2 aliphatic rings. The van der Waals surface area contributed by atoms with Crippen LogP contribution in [0.5, 0.6) is 0 Å². The van der Waals surface area contributed by atoms with E-state index >= 15 is 0 Å². The van der Waals surface area contributed by atoms with Gasteiger partial charge in [0.15, 0.2) is 0 Å². The first-order chi connectivity index (χ1) is 5.68. The van der Waals surface area contributed by atoms with E-state index in [2.05, 4.69) is 24.6 Å². The maximum absolute atomic E-state index is 3.57. The third-order valence-corrected chi connectivity index (χ3v) is 3.41. The van der Waals surface area contributed by atoms with Crippen LogP contribution in [0.1, 0.15) is 26.2 Å². The van der Waals surface area contributed by atoms with Crippen molar-refractivity contribution in [2.75, 3.05) is 26.7 Å². The number of hydrogen-bond donors (Lipinski definition) is 2. The zero-order valence-electron chi connectivity index (χ0n) is 8.24. The summed E-state index contributed by atoms with van der Waals surface area (Å²) in [7, 11) is 2.05. The molecule has 1 aliphatic carbocycles. The number of nitrogens with one attached hydrogen (secondary N) is 2. The zero-order valence-corrected chi connectivity index (χ0v) is 8.24. The van der Waals surface area contributed by atoms with E-state index in [1.54, 1.807) is 0 Å². The van der Waals surface area contributed by atoms with Gasteiger partial charge in [-0.2, -0.15) is 0 Å². The maximum atomic E-state index is 3.57. The van der Waals surface area contributed by atoms with Crippen LogP contribution in [0.4, 0.5) is 0 Å². The average molecular weight is 168 g/mol. The van der Waals surface area contributed by atoms with Crippen molar-refractivity contribution in [3.8, 4) is 0 Å². The van der Waals surface area contributed by atoms with Crippen molar-refractivity contribution in [2.24, 2.45) is 10.8 Å². The highest BCUT2D eigenvalue weighted by Crippen LogP contribution is 2.54. The van der Waals surface area contributed by atoms with Gasteiger partial charge in [0.25, 0.3) is 0 Å². The smallest absolute Gasteiger partial charge is 0.00178 e.